The second kappa shape index (κ2) is 11.7. The van der Waals surface area contributed by atoms with E-state index < -0.39 is 33.1 Å². The zero-order valence-electron chi connectivity index (χ0n) is 12.0. The molecular weight excluding hydrogens is 316 g/mol. The minimum absolute atomic E-state index is 0.428. The molecule has 0 saturated carbocycles. The van der Waals surface area contributed by atoms with Gasteiger partial charge in [-0.2, -0.15) is 23.5 Å². The van der Waals surface area contributed by atoms with E-state index in [4.69, 9.17) is 11.5 Å². The molecule has 4 N–H and O–H groups in total. The van der Waals surface area contributed by atoms with Gasteiger partial charge in [0.05, 0.1) is 12.1 Å². The number of thioether (sulfide) groups is 2. The van der Waals surface area contributed by atoms with Gasteiger partial charge in [-0.05, 0) is 35.9 Å². The van der Waals surface area contributed by atoms with Crippen LogP contribution in [-0.4, -0.2) is 49.5 Å². The molecule has 0 bridgehead atoms. The van der Waals surface area contributed by atoms with E-state index in [1.54, 1.807) is 23.5 Å². The van der Waals surface area contributed by atoms with E-state index in [0.717, 1.165) is 11.5 Å². The largest absolute Gasteiger partial charge is 0.321 e. The molecule has 0 fully saturated rings. The molecule has 0 radical (unpaired) electrons. The van der Waals surface area contributed by atoms with Crippen LogP contribution in [-0.2, 0) is 20.4 Å². The molecule has 0 aliphatic heterocycles. The van der Waals surface area contributed by atoms with Crippen molar-refractivity contribution in [2.24, 2.45) is 11.5 Å². The molecule has 8 heteroatoms. The van der Waals surface area contributed by atoms with Crippen LogP contribution in [0.4, 0.5) is 0 Å². The summed E-state index contributed by atoms with van der Waals surface area (Å²) in [7, 11) is -2.23. The van der Waals surface area contributed by atoms with Crippen molar-refractivity contribution < 1.29 is 13.8 Å². The highest BCUT2D eigenvalue weighted by Crippen LogP contribution is 2.08. The Labute approximate surface area is 131 Å². The Morgan fingerprint density at radius 3 is 1.60 bits per heavy atom. The maximum absolute atomic E-state index is 11.8. The quantitative estimate of drug-likeness (QED) is 0.565. The van der Waals surface area contributed by atoms with E-state index in [1.807, 2.05) is 13.8 Å². The van der Waals surface area contributed by atoms with Crippen molar-refractivity contribution in [2.75, 3.05) is 23.0 Å². The van der Waals surface area contributed by atoms with Gasteiger partial charge >= 0.3 is 0 Å². The first-order valence-corrected chi connectivity index (χ1v) is 10.1. The van der Waals surface area contributed by atoms with Gasteiger partial charge in [-0.15, -0.1) is 0 Å². The van der Waals surface area contributed by atoms with Crippen LogP contribution in [0.1, 0.15) is 26.7 Å². The predicted octanol–water partition coefficient (Wildman–Crippen LogP) is 0.729. The first-order chi connectivity index (χ1) is 9.45. The maximum Gasteiger partial charge on any atom is 0.243 e. The molecular formula is C12H24N2O3S3. The first-order valence-electron chi connectivity index (χ1n) is 6.61. The van der Waals surface area contributed by atoms with E-state index >= 15 is 0 Å². The number of nitrogens with two attached hydrogens (primary N) is 2. The molecule has 0 amide bonds. The van der Waals surface area contributed by atoms with Crippen LogP contribution < -0.4 is 11.5 Å². The standard InChI is InChI=1S/C12H24N2O3S3/c1-3-18-7-5-9(13)11(15)20(17)12(16)10(14)6-8-19-4-2/h9-10H,3-8,13-14H2,1-2H3/t9-,10-/m0/s1. The third-order valence-corrected chi connectivity index (χ3v) is 5.73. The average Bonchev–Trinajstić information content (AvgIpc) is 2.45. The molecule has 0 aliphatic carbocycles. The molecule has 5 nitrogen and oxygen atoms in total. The summed E-state index contributed by atoms with van der Waals surface area (Å²) in [5.41, 5.74) is 11.3. The van der Waals surface area contributed by atoms with Gasteiger partial charge in [-0.1, -0.05) is 13.8 Å². The summed E-state index contributed by atoms with van der Waals surface area (Å²) >= 11 is 3.30. The van der Waals surface area contributed by atoms with Crippen LogP contribution in [0.2, 0.25) is 0 Å². The van der Waals surface area contributed by atoms with E-state index in [2.05, 4.69) is 0 Å². The van der Waals surface area contributed by atoms with Crippen molar-refractivity contribution in [1.29, 1.82) is 0 Å². The fraction of sp³-hybridized carbons (Fsp3) is 0.833. The molecule has 0 aliphatic rings. The lowest BCUT2D eigenvalue weighted by molar-refractivity contribution is -0.115. The minimum atomic E-state index is -2.23. The highest BCUT2D eigenvalue weighted by atomic mass is 32.2. The second-order valence-corrected chi connectivity index (χ2v) is 8.22. The Bertz CT molecular complexity index is 310. The van der Waals surface area contributed by atoms with Crippen LogP contribution in [0.3, 0.4) is 0 Å². The second-order valence-electron chi connectivity index (χ2n) is 4.09. The lowest BCUT2D eigenvalue weighted by Crippen LogP contribution is -2.42. The predicted molar refractivity (Wildman–Crippen MR) is 89.3 cm³/mol. The monoisotopic (exact) mass is 340 g/mol. The molecule has 0 unspecified atom stereocenters. The summed E-state index contributed by atoms with van der Waals surface area (Å²) in [5.74, 6) is 3.30. The van der Waals surface area contributed by atoms with E-state index in [9.17, 15) is 13.8 Å². The SMILES string of the molecule is CCSCC[C@H](N)C(=O)S(=O)C(=O)[C@@H](N)CCSCC. The molecule has 0 aromatic carbocycles. The third-order valence-electron chi connectivity index (χ3n) is 2.53. The Hall–Kier alpha value is 0.110. The summed E-state index contributed by atoms with van der Waals surface area (Å²) in [5, 5.41) is -1.41. The lowest BCUT2D eigenvalue weighted by atomic mass is 10.3. The van der Waals surface area contributed by atoms with E-state index in [1.165, 1.54) is 0 Å². The van der Waals surface area contributed by atoms with Gasteiger partial charge in [0, 0.05) is 0 Å². The third kappa shape index (κ3) is 7.78. The lowest BCUT2D eigenvalue weighted by Gasteiger charge is -2.12. The molecule has 0 rings (SSSR count). The normalized spacial score (nSPS) is 14.2. The zero-order valence-corrected chi connectivity index (χ0v) is 14.5. The van der Waals surface area contributed by atoms with Gasteiger partial charge in [0.1, 0.15) is 0 Å². The highest BCUT2D eigenvalue weighted by molar-refractivity contribution is 8.13. The summed E-state index contributed by atoms with van der Waals surface area (Å²) in [6, 6.07) is -1.70. The van der Waals surface area contributed by atoms with Gasteiger partial charge in [0.15, 0.2) is 10.8 Å². The molecule has 2 atom stereocenters. The van der Waals surface area contributed by atoms with E-state index in [0.29, 0.717) is 24.3 Å². The summed E-state index contributed by atoms with van der Waals surface area (Å²) < 4.78 is 11.8. The number of hydrogen-bond acceptors (Lipinski definition) is 7. The van der Waals surface area contributed by atoms with Crippen LogP contribution in [0.25, 0.3) is 0 Å². The zero-order chi connectivity index (χ0) is 15.5. The van der Waals surface area contributed by atoms with Crippen molar-refractivity contribution in [2.45, 2.75) is 38.8 Å². The highest BCUT2D eigenvalue weighted by Gasteiger charge is 2.29. The molecule has 118 valence electrons. The van der Waals surface area contributed by atoms with Crippen molar-refractivity contribution >= 4 is 44.6 Å². The van der Waals surface area contributed by atoms with Crippen LogP contribution in [0.15, 0.2) is 0 Å². The summed E-state index contributed by atoms with van der Waals surface area (Å²) in [6.07, 6.45) is 0.856. The first kappa shape index (κ1) is 20.1. The molecule has 20 heavy (non-hydrogen) atoms. The fourth-order valence-electron chi connectivity index (χ4n) is 1.32. The molecule has 0 spiro atoms. The molecule has 0 aromatic heterocycles. The Balaban J connectivity index is 4.26. The van der Waals surface area contributed by atoms with Gasteiger partial charge in [-0.25, -0.2) is 4.21 Å². The van der Waals surface area contributed by atoms with Gasteiger partial charge in [-0.3, -0.25) is 9.59 Å². The Morgan fingerprint density at radius 1 is 0.950 bits per heavy atom. The summed E-state index contributed by atoms with van der Waals surface area (Å²) in [4.78, 5) is 23.6. The number of carbonyl (C=O) groups is 2. The molecule has 0 heterocycles. The number of rotatable bonds is 10. The van der Waals surface area contributed by atoms with Gasteiger partial charge in [0.25, 0.3) is 0 Å². The van der Waals surface area contributed by atoms with Crippen molar-refractivity contribution in [3.8, 4) is 0 Å². The Kier molecular flexibility index (Phi) is 11.8. The van der Waals surface area contributed by atoms with Crippen molar-refractivity contribution in [3.05, 3.63) is 0 Å². The van der Waals surface area contributed by atoms with Gasteiger partial charge < -0.3 is 11.5 Å². The van der Waals surface area contributed by atoms with E-state index in [-0.39, 0.29) is 0 Å². The van der Waals surface area contributed by atoms with Crippen molar-refractivity contribution in [3.63, 3.8) is 0 Å². The van der Waals surface area contributed by atoms with Gasteiger partial charge in [0.2, 0.25) is 10.2 Å². The van der Waals surface area contributed by atoms with Crippen LogP contribution in [0, 0.1) is 0 Å². The maximum atomic E-state index is 11.8. The summed E-state index contributed by atoms with van der Waals surface area (Å²) in [6.45, 7) is 4.01. The smallest absolute Gasteiger partial charge is 0.243 e. The van der Waals surface area contributed by atoms with Crippen molar-refractivity contribution in [1.82, 2.24) is 0 Å². The molecule has 0 saturated heterocycles. The fourth-order valence-corrected chi connectivity index (χ4v) is 3.72. The molecule has 0 aromatic rings. The van der Waals surface area contributed by atoms with Crippen LogP contribution in [0.5, 0.6) is 0 Å². The number of carbonyl (C=O) groups excluding carboxylic acids is 2. The number of hydrogen-bond donors (Lipinski definition) is 2. The van der Waals surface area contributed by atoms with Crippen LogP contribution >= 0.6 is 23.5 Å². The topological polar surface area (TPSA) is 103 Å². The Morgan fingerprint density at radius 2 is 1.30 bits per heavy atom. The average molecular weight is 341 g/mol. The minimum Gasteiger partial charge on any atom is -0.321 e.